The second-order valence-electron chi connectivity index (χ2n) is 2.29. The Morgan fingerprint density at radius 3 is 2.83 bits per heavy atom. The van der Waals surface area contributed by atoms with Crippen LogP contribution in [0.1, 0.15) is 0 Å². The lowest BCUT2D eigenvalue weighted by atomic mass is 10.4. The van der Waals surface area contributed by atoms with E-state index in [1.54, 1.807) is 24.0 Å². The molecule has 0 amide bonds. The van der Waals surface area contributed by atoms with Crippen molar-refractivity contribution in [2.75, 3.05) is 5.73 Å². The summed E-state index contributed by atoms with van der Waals surface area (Å²) in [7, 11) is 1.79. The van der Waals surface area contributed by atoms with Crippen molar-refractivity contribution in [2.45, 2.75) is 0 Å². The Morgan fingerprint density at radius 2 is 2.33 bits per heavy atom. The summed E-state index contributed by atoms with van der Waals surface area (Å²) in [6.07, 6.45) is 1.65. The zero-order valence-electron chi connectivity index (χ0n) is 6.43. The van der Waals surface area contributed by atoms with Crippen molar-refractivity contribution in [1.29, 1.82) is 0 Å². The Kier molecular flexibility index (Phi) is 1.33. The van der Waals surface area contributed by atoms with E-state index >= 15 is 0 Å². The van der Waals surface area contributed by atoms with Crippen LogP contribution in [0.3, 0.4) is 0 Å². The average Bonchev–Trinajstić information content (AvgIpc) is 2.58. The number of hydrogen-bond donors (Lipinski definition) is 1. The summed E-state index contributed by atoms with van der Waals surface area (Å²) < 4.78 is 6.64. The van der Waals surface area contributed by atoms with Crippen LogP contribution in [-0.4, -0.2) is 20.0 Å². The summed E-state index contributed by atoms with van der Waals surface area (Å²) in [5.41, 5.74) is 6.01. The summed E-state index contributed by atoms with van der Waals surface area (Å²) >= 11 is 0. The quantitative estimate of drug-likeness (QED) is 0.645. The minimum absolute atomic E-state index is 0.0613. The first-order chi connectivity index (χ1) is 5.77. The van der Waals surface area contributed by atoms with Gasteiger partial charge in [-0.15, -0.1) is 5.10 Å². The van der Waals surface area contributed by atoms with Crippen molar-refractivity contribution in [3.8, 4) is 11.6 Å². The largest absolute Gasteiger partial charge is 0.402 e. The molecule has 0 saturated carbocycles. The highest BCUT2D eigenvalue weighted by molar-refractivity contribution is 5.46. The molecule has 0 aromatic carbocycles. The molecule has 0 atom stereocenters. The van der Waals surface area contributed by atoms with Gasteiger partial charge >= 0.3 is 6.01 Å². The molecule has 0 aliphatic heterocycles. The zero-order valence-corrected chi connectivity index (χ0v) is 6.43. The summed E-state index contributed by atoms with van der Waals surface area (Å²) in [6.45, 7) is 0. The Balaban J connectivity index is 2.50. The maximum Gasteiger partial charge on any atom is 0.313 e. The molecule has 0 radical (unpaired) electrons. The fourth-order valence-electron chi connectivity index (χ4n) is 0.922. The molecule has 0 unspecified atom stereocenters. The molecule has 0 aliphatic carbocycles. The van der Waals surface area contributed by atoms with Crippen molar-refractivity contribution < 1.29 is 4.42 Å². The van der Waals surface area contributed by atoms with Crippen LogP contribution in [0.25, 0.3) is 11.6 Å². The molecule has 2 aromatic rings. The van der Waals surface area contributed by atoms with Crippen LogP contribution in [0.15, 0.2) is 16.7 Å². The van der Waals surface area contributed by atoms with Crippen molar-refractivity contribution in [1.82, 2.24) is 20.0 Å². The lowest BCUT2D eigenvalue weighted by Gasteiger charge is -1.92. The normalized spacial score (nSPS) is 10.4. The van der Waals surface area contributed by atoms with Gasteiger partial charge in [0, 0.05) is 13.2 Å². The average molecular weight is 165 g/mol. The highest BCUT2D eigenvalue weighted by atomic mass is 16.4. The van der Waals surface area contributed by atoms with Crippen molar-refractivity contribution in [3.63, 3.8) is 0 Å². The lowest BCUT2D eigenvalue weighted by molar-refractivity contribution is 0.580. The number of aromatic nitrogens is 4. The van der Waals surface area contributed by atoms with E-state index in [0.717, 1.165) is 5.69 Å². The van der Waals surface area contributed by atoms with Crippen LogP contribution in [0.2, 0.25) is 0 Å². The summed E-state index contributed by atoms with van der Waals surface area (Å²) in [6, 6.07) is 1.83. The predicted molar refractivity (Wildman–Crippen MR) is 40.9 cm³/mol. The number of anilines is 1. The molecule has 0 spiro atoms. The molecule has 2 heterocycles. The van der Waals surface area contributed by atoms with E-state index in [9.17, 15) is 0 Å². The van der Waals surface area contributed by atoms with Crippen LogP contribution in [0, 0.1) is 0 Å². The first-order valence-electron chi connectivity index (χ1n) is 3.35. The fraction of sp³-hybridized carbons (Fsp3) is 0.167. The molecule has 6 nitrogen and oxygen atoms in total. The lowest BCUT2D eigenvalue weighted by Crippen LogP contribution is -1.92. The third-order valence-corrected chi connectivity index (χ3v) is 1.48. The van der Waals surface area contributed by atoms with Gasteiger partial charge in [-0.25, -0.2) is 0 Å². The van der Waals surface area contributed by atoms with Gasteiger partial charge in [-0.3, -0.25) is 4.68 Å². The van der Waals surface area contributed by atoms with E-state index in [1.807, 2.05) is 0 Å². The van der Waals surface area contributed by atoms with Crippen LogP contribution in [0.4, 0.5) is 6.01 Å². The van der Waals surface area contributed by atoms with Crippen molar-refractivity contribution in [2.24, 2.45) is 7.05 Å². The Labute approximate surface area is 68.0 Å². The van der Waals surface area contributed by atoms with Crippen molar-refractivity contribution >= 4 is 6.01 Å². The first-order valence-corrected chi connectivity index (χ1v) is 3.35. The molecule has 2 aromatic heterocycles. The fourth-order valence-corrected chi connectivity index (χ4v) is 0.922. The molecule has 2 rings (SSSR count). The number of hydrogen-bond acceptors (Lipinski definition) is 5. The second-order valence-corrected chi connectivity index (χ2v) is 2.29. The third-order valence-electron chi connectivity index (χ3n) is 1.48. The van der Waals surface area contributed by atoms with Crippen LogP contribution in [0.5, 0.6) is 0 Å². The van der Waals surface area contributed by atoms with Gasteiger partial charge in [0.15, 0.2) is 0 Å². The van der Waals surface area contributed by atoms with Gasteiger partial charge in [0.05, 0.1) is 0 Å². The second kappa shape index (κ2) is 2.33. The number of nitrogen functional groups attached to an aromatic ring is 1. The van der Waals surface area contributed by atoms with Gasteiger partial charge in [-0.05, 0) is 6.07 Å². The number of nitrogens with zero attached hydrogens (tertiary/aromatic N) is 4. The Hall–Kier alpha value is -1.85. The van der Waals surface area contributed by atoms with Gasteiger partial charge < -0.3 is 10.2 Å². The monoisotopic (exact) mass is 165 g/mol. The van der Waals surface area contributed by atoms with E-state index < -0.39 is 0 Å². The SMILES string of the molecule is Cn1nccc1-c1nnc(N)o1. The molecule has 0 bridgehead atoms. The topological polar surface area (TPSA) is 82.8 Å². The predicted octanol–water partition coefficient (Wildman–Crippen LogP) is 0.0523. The summed E-state index contributed by atoms with van der Waals surface area (Å²) in [5.74, 6) is 0.382. The summed E-state index contributed by atoms with van der Waals surface area (Å²) in [4.78, 5) is 0. The van der Waals surface area contributed by atoms with E-state index in [4.69, 9.17) is 10.2 Å². The Bertz CT molecular complexity index is 390. The minimum Gasteiger partial charge on any atom is -0.402 e. The van der Waals surface area contributed by atoms with E-state index in [2.05, 4.69) is 15.3 Å². The molecule has 0 fully saturated rings. The van der Waals surface area contributed by atoms with Gasteiger partial charge in [-0.1, -0.05) is 5.10 Å². The van der Waals surface area contributed by atoms with Crippen LogP contribution in [-0.2, 0) is 7.05 Å². The van der Waals surface area contributed by atoms with Gasteiger partial charge in [0.25, 0.3) is 5.89 Å². The first kappa shape index (κ1) is 6.84. The highest BCUT2D eigenvalue weighted by Crippen LogP contribution is 2.16. The molecule has 6 heteroatoms. The number of aryl methyl sites for hydroxylation is 1. The van der Waals surface area contributed by atoms with Crippen LogP contribution >= 0.6 is 0 Å². The maximum absolute atomic E-state index is 5.26. The minimum atomic E-state index is 0.0613. The molecular weight excluding hydrogens is 158 g/mol. The number of rotatable bonds is 1. The molecular formula is C6H7N5O. The van der Waals surface area contributed by atoms with Crippen molar-refractivity contribution in [3.05, 3.63) is 12.3 Å². The smallest absolute Gasteiger partial charge is 0.313 e. The van der Waals surface area contributed by atoms with E-state index in [-0.39, 0.29) is 6.01 Å². The molecule has 0 saturated heterocycles. The van der Waals surface area contributed by atoms with Gasteiger partial charge in [-0.2, -0.15) is 5.10 Å². The van der Waals surface area contributed by atoms with E-state index in [0.29, 0.717) is 5.89 Å². The number of nitrogens with two attached hydrogens (primary N) is 1. The Morgan fingerprint density at radius 1 is 1.50 bits per heavy atom. The van der Waals surface area contributed by atoms with E-state index in [1.165, 1.54) is 0 Å². The van der Waals surface area contributed by atoms with Gasteiger partial charge in [0.1, 0.15) is 5.69 Å². The molecule has 62 valence electrons. The molecule has 0 aliphatic rings. The highest BCUT2D eigenvalue weighted by Gasteiger charge is 2.08. The summed E-state index contributed by atoms with van der Waals surface area (Å²) in [5, 5.41) is 11.2. The van der Waals surface area contributed by atoms with Crippen LogP contribution < -0.4 is 5.73 Å². The third kappa shape index (κ3) is 0.931. The zero-order chi connectivity index (χ0) is 8.55. The maximum atomic E-state index is 5.26. The molecule has 2 N–H and O–H groups in total. The van der Waals surface area contributed by atoms with Gasteiger partial charge in [0.2, 0.25) is 0 Å². The standard InChI is InChI=1S/C6H7N5O/c1-11-4(2-3-8-11)5-9-10-6(7)12-5/h2-3H,1H3,(H2,7,10). The molecule has 12 heavy (non-hydrogen) atoms.